The van der Waals surface area contributed by atoms with Crippen molar-refractivity contribution in [3.63, 3.8) is 0 Å². The van der Waals surface area contributed by atoms with Crippen LogP contribution in [0.2, 0.25) is 36.3 Å². The standard InChI is InChI=1S/C32H49N5O5Si2/c1-12-18-39-25-23(19-40-43(8,9)31(2,3)4)41-30(26(25)42-44(10,11)32(5,6)7)37-21-35-24-27(33-20-34-28(24)37)36-29(38)22-16-14-13-15-17-22/h12-17,20-21,23,25-26,30H,1,18-19H2,2-11H3,(H,33,34,36,38)/t23-,25-,26-,30-/m1/s1. The van der Waals surface area contributed by atoms with Crippen molar-refractivity contribution in [3.05, 3.63) is 61.2 Å². The van der Waals surface area contributed by atoms with Crippen molar-refractivity contribution in [1.29, 1.82) is 0 Å². The van der Waals surface area contributed by atoms with Gasteiger partial charge in [0, 0.05) is 5.56 Å². The third kappa shape index (κ3) is 7.21. The summed E-state index contributed by atoms with van der Waals surface area (Å²) in [6, 6.07) is 8.99. The van der Waals surface area contributed by atoms with E-state index in [1.54, 1.807) is 24.5 Å². The predicted molar refractivity (Wildman–Crippen MR) is 179 cm³/mol. The lowest BCUT2D eigenvalue weighted by Crippen LogP contribution is -2.50. The normalized spacial score (nSPS) is 21.5. The highest BCUT2D eigenvalue weighted by molar-refractivity contribution is 6.74. The second-order valence-corrected chi connectivity index (χ2v) is 24.0. The molecule has 0 spiro atoms. The van der Waals surface area contributed by atoms with Crippen LogP contribution < -0.4 is 5.32 Å². The number of hydrogen-bond donors (Lipinski definition) is 1. The first kappa shape index (κ1) is 34.1. The van der Waals surface area contributed by atoms with Crippen LogP contribution in [0.3, 0.4) is 0 Å². The Morgan fingerprint density at radius 3 is 2.27 bits per heavy atom. The molecule has 4 rings (SSSR count). The third-order valence-electron chi connectivity index (χ3n) is 9.24. The van der Waals surface area contributed by atoms with Gasteiger partial charge in [0.05, 0.1) is 19.5 Å². The second kappa shape index (κ2) is 12.9. The van der Waals surface area contributed by atoms with Gasteiger partial charge in [0.2, 0.25) is 0 Å². The highest BCUT2D eigenvalue weighted by Gasteiger charge is 2.52. The van der Waals surface area contributed by atoms with E-state index in [4.69, 9.17) is 18.3 Å². The lowest BCUT2D eigenvalue weighted by atomic mass is 10.1. The number of imidazole rings is 1. The van der Waals surface area contributed by atoms with Gasteiger partial charge in [-0.2, -0.15) is 0 Å². The number of rotatable bonds is 11. The fraction of sp³-hybridized carbons (Fsp3) is 0.562. The van der Waals surface area contributed by atoms with E-state index in [1.807, 2.05) is 22.8 Å². The summed E-state index contributed by atoms with van der Waals surface area (Å²) in [6.45, 7) is 26.8. The van der Waals surface area contributed by atoms with Gasteiger partial charge in [-0.15, -0.1) is 6.58 Å². The molecule has 1 amide bonds. The van der Waals surface area contributed by atoms with Gasteiger partial charge < -0.3 is 23.6 Å². The van der Waals surface area contributed by atoms with Gasteiger partial charge in [0.1, 0.15) is 24.6 Å². The number of carbonyl (C=O) groups is 1. The number of amides is 1. The molecule has 0 unspecified atom stereocenters. The molecule has 0 saturated carbocycles. The maximum Gasteiger partial charge on any atom is 0.256 e. The first-order valence-electron chi connectivity index (χ1n) is 15.2. The summed E-state index contributed by atoms with van der Waals surface area (Å²) in [5.41, 5.74) is 1.49. The summed E-state index contributed by atoms with van der Waals surface area (Å²) >= 11 is 0. The molecular formula is C32H49N5O5Si2. The van der Waals surface area contributed by atoms with Gasteiger partial charge in [-0.1, -0.05) is 65.8 Å². The first-order chi connectivity index (χ1) is 20.5. The molecule has 3 heterocycles. The number of nitrogens with zero attached hydrogens (tertiary/aromatic N) is 4. The number of hydrogen-bond acceptors (Lipinski definition) is 8. The number of anilines is 1. The Morgan fingerprint density at radius 1 is 1.00 bits per heavy atom. The highest BCUT2D eigenvalue weighted by atomic mass is 28.4. The number of carbonyl (C=O) groups excluding carboxylic acids is 1. The third-order valence-corrected chi connectivity index (χ3v) is 18.2. The Bertz CT molecular complexity index is 1450. The zero-order valence-electron chi connectivity index (χ0n) is 27.9. The van der Waals surface area contributed by atoms with E-state index in [2.05, 4.69) is 94.6 Å². The van der Waals surface area contributed by atoms with E-state index in [9.17, 15) is 4.79 Å². The van der Waals surface area contributed by atoms with Crippen LogP contribution in [0.1, 0.15) is 58.1 Å². The molecular weight excluding hydrogens is 591 g/mol. The van der Waals surface area contributed by atoms with Gasteiger partial charge in [-0.05, 0) is 48.4 Å². The smallest absolute Gasteiger partial charge is 0.256 e. The molecule has 1 aliphatic rings. The molecule has 44 heavy (non-hydrogen) atoms. The van der Waals surface area contributed by atoms with E-state index in [-0.39, 0.29) is 16.0 Å². The Balaban J connectivity index is 1.74. The maximum absolute atomic E-state index is 13.0. The summed E-state index contributed by atoms with van der Waals surface area (Å²) in [6.07, 6.45) is 2.93. The number of ether oxygens (including phenoxy) is 2. The Hall–Kier alpha value is -2.75. The minimum atomic E-state index is -2.30. The molecule has 1 saturated heterocycles. The Morgan fingerprint density at radius 2 is 1.66 bits per heavy atom. The van der Waals surface area contributed by atoms with E-state index in [0.29, 0.717) is 35.8 Å². The number of fused-ring (bicyclic) bond motifs is 1. The van der Waals surface area contributed by atoms with Crippen molar-refractivity contribution in [3.8, 4) is 0 Å². The van der Waals surface area contributed by atoms with Crippen LogP contribution in [0.5, 0.6) is 0 Å². The van der Waals surface area contributed by atoms with Crippen molar-refractivity contribution < 1.29 is 23.1 Å². The van der Waals surface area contributed by atoms with E-state index < -0.39 is 41.2 Å². The Kier molecular flexibility index (Phi) is 10.0. The molecule has 12 heteroatoms. The minimum absolute atomic E-state index is 0.0393. The van der Waals surface area contributed by atoms with Crippen LogP contribution >= 0.6 is 0 Å². The number of nitrogens with one attached hydrogen (secondary N) is 1. The molecule has 240 valence electrons. The number of aromatic nitrogens is 4. The highest BCUT2D eigenvalue weighted by Crippen LogP contribution is 2.44. The molecule has 1 N–H and O–H groups in total. The van der Waals surface area contributed by atoms with Crippen molar-refractivity contribution in [2.75, 3.05) is 18.5 Å². The topological polar surface area (TPSA) is 110 Å². The molecule has 1 aromatic carbocycles. The van der Waals surface area contributed by atoms with Crippen LogP contribution in [0, 0.1) is 0 Å². The van der Waals surface area contributed by atoms with Crippen LogP contribution in [0.25, 0.3) is 11.2 Å². The average molecular weight is 640 g/mol. The van der Waals surface area contributed by atoms with Gasteiger partial charge in [0.25, 0.3) is 5.91 Å². The van der Waals surface area contributed by atoms with E-state index >= 15 is 0 Å². The van der Waals surface area contributed by atoms with Crippen LogP contribution in [0.4, 0.5) is 5.82 Å². The van der Waals surface area contributed by atoms with Gasteiger partial charge in [-0.25, -0.2) is 15.0 Å². The molecule has 3 aromatic rings. The molecule has 0 radical (unpaired) electrons. The summed E-state index contributed by atoms with van der Waals surface area (Å²) in [7, 11) is -4.39. The minimum Gasteiger partial charge on any atom is -0.414 e. The molecule has 0 aliphatic carbocycles. The average Bonchev–Trinajstić information content (AvgIpc) is 3.51. The summed E-state index contributed by atoms with van der Waals surface area (Å²) < 4.78 is 28.8. The van der Waals surface area contributed by atoms with Crippen molar-refractivity contribution in [1.82, 2.24) is 19.5 Å². The summed E-state index contributed by atoms with van der Waals surface area (Å²) in [4.78, 5) is 26.5. The van der Waals surface area contributed by atoms with Crippen molar-refractivity contribution >= 4 is 39.5 Å². The molecule has 2 aromatic heterocycles. The van der Waals surface area contributed by atoms with Crippen LogP contribution in [-0.2, 0) is 18.3 Å². The molecule has 1 fully saturated rings. The van der Waals surface area contributed by atoms with Crippen LogP contribution in [-0.4, -0.2) is 73.6 Å². The second-order valence-electron chi connectivity index (χ2n) is 14.4. The van der Waals surface area contributed by atoms with Gasteiger partial charge in [-0.3, -0.25) is 9.36 Å². The van der Waals surface area contributed by atoms with E-state index in [0.717, 1.165) is 0 Å². The number of benzene rings is 1. The van der Waals surface area contributed by atoms with Crippen LogP contribution in [0.15, 0.2) is 55.6 Å². The monoisotopic (exact) mass is 639 g/mol. The lowest BCUT2D eigenvalue weighted by Gasteiger charge is -2.41. The summed E-state index contributed by atoms with van der Waals surface area (Å²) in [5.74, 6) is 0.0388. The largest absolute Gasteiger partial charge is 0.414 e. The lowest BCUT2D eigenvalue weighted by molar-refractivity contribution is -0.0539. The SMILES string of the molecule is C=CCO[C@H]1[C@@H](O[Si](C)(C)C(C)(C)C)[C@H](n2cnc3c(NC(=O)c4ccccc4)ncnc32)O[C@@H]1CO[Si](C)(C)C(C)(C)C. The fourth-order valence-electron chi connectivity index (χ4n) is 4.50. The predicted octanol–water partition coefficient (Wildman–Crippen LogP) is 6.96. The first-order valence-corrected chi connectivity index (χ1v) is 21.0. The molecule has 4 atom stereocenters. The molecule has 10 nitrogen and oxygen atoms in total. The van der Waals surface area contributed by atoms with Gasteiger partial charge in [0.15, 0.2) is 39.8 Å². The van der Waals surface area contributed by atoms with E-state index in [1.165, 1.54) is 6.33 Å². The zero-order valence-corrected chi connectivity index (χ0v) is 29.9. The quantitative estimate of drug-likeness (QED) is 0.177. The zero-order chi connectivity index (χ0) is 32.5. The maximum atomic E-state index is 13.0. The fourth-order valence-corrected chi connectivity index (χ4v) is 6.79. The van der Waals surface area contributed by atoms with Crippen molar-refractivity contribution in [2.45, 2.75) is 102 Å². The Labute approximate surface area is 263 Å². The van der Waals surface area contributed by atoms with Gasteiger partial charge >= 0.3 is 0 Å². The molecule has 0 bridgehead atoms. The molecule has 1 aliphatic heterocycles. The van der Waals surface area contributed by atoms with Crippen molar-refractivity contribution in [2.24, 2.45) is 0 Å². The summed E-state index contributed by atoms with van der Waals surface area (Å²) in [5, 5.41) is 2.88.